The summed E-state index contributed by atoms with van der Waals surface area (Å²) in [6.45, 7) is 2.25. The van der Waals surface area contributed by atoms with E-state index in [9.17, 15) is 0 Å². The Hall–Kier alpha value is -3.13. The van der Waals surface area contributed by atoms with Gasteiger partial charge in [-0.25, -0.2) is 0 Å². The Morgan fingerprint density at radius 3 is 1.93 bits per heavy atom. The number of aryl methyl sites for hydroxylation is 1. The maximum atomic E-state index is 5.40. The van der Waals surface area contributed by atoms with Crippen molar-refractivity contribution in [1.82, 2.24) is 4.98 Å². The first-order valence-corrected chi connectivity index (χ1v) is 10.0. The van der Waals surface area contributed by atoms with Gasteiger partial charge in [-0.05, 0) is 53.3 Å². The molecule has 0 radical (unpaired) electrons. The highest BCUT2D eigenvalue weighted by Gasteiger charge is 2.05. The van der Waals surface area contributed by atoms with Crippen molar-refractivity contribution in [2.75, 3.05) is 0 Å². The zero-order chi connectivity index (χ0) is 19.2. The maximum absolute atomic E-state index is 5.40. The largest absolute Gasteiger partial charge is 0.463 e. The molecular formula is C26H25NO. The van der Waals surface area contributed by atoms with E-state index in [-0.39, 0.29) is 0 Å². The summed E-state index contributed by atoms with van der Waals surface area (Å²) in [6, 6.07) is 25.6. The number of benzene rings is 2. The summed E-state index contributed by atoms with van der Waals surface area (Å²) >= 11 is 0. The summed E-state index contributed by atoms with van der Waals surface area (Å²) in [5.74, 6) is 0.792. The number of rotatable bonds is 7. The van der Waals surface area contributed by atoms with E-state index < -0.39 is 0 Å². The molecule has 0 amide bonds. The van der Waals surface area contributed by atoms with Crippen LogP contribution in [0.3, 0.4) is 0 Å². The third kappa shape index (κ3) is 4.23. The van der Waals surface area contributed by atoms with E-state index in [4.69, 9.17) is 4.42 Å². The first-order chi connectivity index (χ1) is 13.8. The van der Waals surface area contributed by atoms with Gasteiger partial charge in [-0.1, -0.05) is 74.4 Å². The Kier molecular flexibility index (Phi) is 5.67. The Morgan fingerprint density at radius 2 is 1.36 bits per heavy atom. The molecule has 28 heavy (non-hydrogen) atoms. The smallest absolute Gasteiger partial charge is 0.152 e. The molecule has 2 aromatic heterocycles. The molecule has 0 atom stereocenters. The van der Waals surface area contributed by atoms with Crippen LogP contribution in [0, 0.1) is 0 Å². The van der Waals surface area contributed by atoms with Crippen molar-refractivity contribution in [3.8, 4) is 33.7 Å². The summed E-state index contributed by atoms with van der Waals surface area (Å²) in [5.41, 5.74) is 7.05. The molecule has 0 N–H and O–H groups in total. The molecule has 4 rings (SSSR count). The summed E-state index contributed by atoms with van der Waals surface area (Å²) < 4.78 is 5.40. The Bertz CT molecular complexity index is 982. The van der Waals surface area contributed by atoms with E-state index in [2.05, 4.69) is 66.5 Å². The molecule has 2 heteroatoms. The fourth-order valence-corrected chi connectivity index (χ4v) is 3.43. The highest BCUT2D eigenvalue weighted by atomic mass is 16.3. The van der Waals surface area contributed by atoms with Crippen LogP contribution < -0.4 is 0 Å². The minimum absolute atomic E-state index is 0.792. The number of aromatic nitrogens is 1. The first-order valence-electron chi connectivity index (χ1n) is 10.0. The molecule has 140 valence electrons. The average molecular weight is 367 g/mol. The van der Waals surface area contributed by atoms with Crippen molar-refractivity contribution in [3.05, 3.63) is 90.8 Å². The lowest BCUT2D eigenvalue weighted by molar-refractivity contribution is 0.580. The molecule has 0 fully saturated rings. The maximum Gasteiger partial charge on any atom is 0.152 e. The van der Waals surface area contributed by atoms with Crippen molar-refractivity contribution >= 4 is 0 Å². The molecule has 0 aliphatic carbocycles. The standard InChI is InChI=1S/C26H25NO/c1-2-3-4-6-20-8-10-21(11-9-20)22-12-14-23(15-13-22)24-16-17-25(27-19-24)26-7-5-18-28-26/h5,7-19H,2-4,6H2,1H3. The normalized spacial score (nSPS) is 10.9. The van der Waals surface area contributed by atoms with Gasteiger partial charge in [0, 0.05) is 11.8 Å². The van der Waals surface area contributed by atoms with E-state index in [0.717, 1.165) is 17.0 Å². The molecule has 0 saturated heterocycles. The monoisotopic (exact) mass is 367 g/mol. The molecule has 0 unspecified atom stereocenters. The van der Waals surface area contributed by atoms with Crippen LogP contribution in [0.15, 0.2) is 89.7 Å². The first kappa shape index (κ1) is 18.2. The summed E-state index contributed by atoms with van der Waals surface area (Å²) in [5, 5.41) is 0. The number of unbranched alkanes of at least 4 members (excludes halogenated alkanes) is 2. The van der Waals surface area contributed by atoms with Gasteiger partial charge in [0.1, 0.15) is 5.69 Å². The lowest BCUT2D eigenvalue weighted by Crippen LogP contribution is -1.86. The van der Waals surface area contributed by atoms with Crippen molar-refractivity contribution in [2.24, 2.45) is 0 Å². The van der Waals surface area contributed by atoms with Crippen LogP contribution in [0.25, 0.3) is 33.7 Å². The number of furan rings is 1. The predicted octanol–water partition coefficient (Wildman–Crippen LogP) is 7.41. The molecule has 0 saturated carbocycles. The van der Waals surface area contributed by atoms with Gasteiger partial charge in [0.15, 0.2) is 5.76 Å². The van der Waals surface area contributed by atoms with Gasteiger partial charge in [0.2, 0.25) is 0 Å². The van der Waals surface area contributed by atoms with Gasteiger partial charge in [0.25, 0.3) is 0 Å². The molecule has 0 aliphatic rings. The van der Waals surface area contributed by atoms with E-state index in [1.807, 2.05) is 24.4 Å². The van der Waals surface area contributed by atoms with Gasteiger partial charge in [0.05, 0.1) is 6.26 Å². The zero-order valence-corrected chi connectivity index (χ0v) is 16.3. The van der Waals surface area contributed by atoms with Crippen LogP contribution in [0.2, 0.25) is 0 Å². The zero-order valence-electron chi connectivity index (χ0n) is 16.3. The fourth-order valence-electron chi connectivity index (χ4n) is 3.43. The molecule has 0 bridgehead atoms. The van der Waals surface area contributed by atoms with Crippen molar-refractivity contribution in [3.63, 3.8) is 0 Å². The van der Waals surface area contributed by atoms with Gasteiger partial charge in [-0.15, -0.1) is 0 Å². The highest BCUT2D eigenvalue weighted by molar-refractivity contribution is 5.71. The highest BCUT2D eigenvalue weighted by Crippen LogP contribution is 2.26. The van der Waals surface area contributed by atoms with E-state index in [1.54, 1.807) is 6.26 Å². The van der Waals surface area contributed by atoms with E-state index >= 15 is 0 Å². The predicted molar refractivity (Wildman–Crippen MR) is 116 cm³/mol. The summed E-state index contributed by atoms with van der Waals surface area (Å²) in [7, 11) is 0. The van der Waals surface area contributed by atoms with Crippen molar-refractivity contribution in [2.45, 2.75) is 32.6 Å². The molecule has 0 aliphatic heterocycles. The quantitative estimate of drug-likeness (QED) is 0.318. The number of nitrogens with zero attached hydrogens (tertiary/aromatic N) is 1. The van der Waals surface area contributed by atoms with Gasteiger partial charge in [-0.3, -0.25) is 4.98 Å². The van der Waals surface area contributed by atoms with E-state index in [0.29, 0.717) is 0 Å². The van der Waals surface area contributed by atoms with Crippen molar-refractivity contribution < 1.29 is 4.42 Å². The number of hydrogen-bond acceptors (Lipinski definition) is 2. The minimum Gasteiger partial charge on any atom is -0.463 e. The van der Waals surface area contributed by atoms with E-state index in [1.165, 1.54) is 47.9 Å². The fraction of sp³-hybridized carbons (Fsp3) is 0.192. The third-order valence-corrected chi connectivity index (χ3v) is 5.11. The Morgan fingerprint density at radius 1 is 0.714 bits per heavy atom. The van der Waals surface area contributed by atoms with Crippen molar-refractivity contribution in [1.29, 1.82) is 0 Å². The SMILES string of the molecule is CCCCCc1ccc(-c2ccc(-c3ccc(-c4ccco4)nc3)cc2)cc1. The lowest BCUT2D eigenvalue weighted by Gasteiger charge is -2.07. The lowest BCUT2D eigenvalue weighted by atomic mass is 9.99. The molecule has 2 heterocycles. The van der Waals surface area contributed by atoms with Crippen LogP contribution in [-0.4, -0.2) is 4.98 Å². The topological polar surface area (TPSA) is 26.0 Å². The number of hydrogen-bond donors (Lipinski definition) is 0. The second-order valence-electron chi connectivity index (χ2n) is 7.14. The minimum atomic E-state index is 0.792. The molecule has 2 nitrogen and oxygen atoms in total. The molecular weight excluding hydrogens is 342 g/mol. The van der Waals surface area contributed by atoms with Crippen LogP contribution in [-0.2, 0) is 6.42 Å². The summed E-state index contributed by atoms with van der Waals surface area (Å²) in [6.07, 6.45) is 8.59. The van der Waals surface area contributed by atoms with Gasteiger partial charge in [-0.2, -0.15) is 0 Å². The molecule has 4 aromatic rings. The summed E-state index contributed by atoms with van der Waals surface area (Å²) in [4.78, 5) is 4.52. The second-order valence-corrected chi connectivity index (χ2v) is 7.14. The Balaban J connectivity index is 1.46. The van der Waals surface area contributed by atoms with Crippen LogP contribution in [0.1, 0.15) is 31.7 Å². The molecule has 0 spiro atoms. The average Bonchev–Trinajstić information content (AvgIpc) is 3.30. The third-order valence-electron chi connectivity index (χ3n) is 5.11. The van der Waals surface area contributed by atoms with Crippen LogP contribution >= 0.6 is 0 Å². The number of pyridine rings is 1. The van der Waals surface area contributed by atoms with Gasteiger partial charge >= 0.3 is 0 Å². The van der Waals surface area contributed by atoms with Crippen LogP contribution in [0.5, 0.6) is 0 Å². The molecule has 2 aromatic carbocycles. The van der Waals surface area contributed by atoms with Crippen LogP contribution in [0.4, 0.5) is 0 Å². The Labute approximate surface area is 166 Å². The second kappa shape index (κ2) is 8.71. The van der Waals surface area contributed by atoms with Gasteiger partial charge < -0.3 is 4.42 Å².